The van der Waals surface area contributed by atoms with E-state index < -0.39 is 0 Å². The molecule has 1 N–H and O–H groups in total. The van der Waals surface area contributed by atoms with E-state index in [-0.39, 0.29) is 11.9 Å². The molecule has 0 heterocycles. The van der Waals surface area contributed by atoms with E-state index in [0.717, 1.165) is 36.1 Å². The first-order valence-electron chi connectivity index (χ1n) is 6.90. The molecule has 1 aliphatic rings. The second-order valence-electron chi connectivity index (χ2n) is 5.09. The fourth-order valence-corrected chi connectivity index (χ4v) is 2.80. The first-order chi connectivity index (χ1) is 9.28. The zero-order chi connectivity index (χ0) is 13.2. The Morgan fingerprint density at radius 3 is 2.68 bits per heavy atom. The summed E-state index contributed by atoms with van der Waals surface area (Å²) in [5, 5.41) is 3.51. The van der Waals surface area contributed by atoms with Gasteiger partial charge in [0.2, 0.25) is 0 Å². The normalized spacial score (nSPS) is 17.3. The standard InChI is InChI=1S/C17H18FN/c1-2-12-6-8-13(9-7-12)19-17-11-10-14-15(17)4-3-5-16(14)18/h3-9,17,19H,2,10-11H2,1H3. The number of nitrogens with one attached hydrogen (secondary N) is 1. The topological polar surface area (TPSA) is 12.0 Å². The monoisotopic (exact) mass is 255 g/mol. The number of anilines is 1. The van der Waals surface area contributed by atoms with Crippen LogP contribution < -0.4 is 5.32 Å². The molecule has 2 heteroatoms. The average Bonchev–Trinajstić information content (AvgIpc) is 2.84. The third kappa shape index (κ3) is 2.35. The zero-order valence-electron chi connectivity index (χ0n) is 11.1. The van der Waals surface area contributed by atoms with E-state index in [2.05, 4.69) is 36.5 Å². The van der Waals surface area contributed by atoms with Crippen LogP contribution in [0.2, 0.25) is 0 Å². The smallest absolute Gasteiger partial charge is 0.126 e. The molecule has 2 aromatic rings. The van der Waals surface area contributed by atoms with Gasteiger partial charge in [0.1, 0.15) is 5.82 Å². The van der Waals surface area contributed by atoms with Crippen LogP contribution in [0.1, 0.15) is 36.1 Å². The Morgan fingerprint density at radius 1 is 1.16 bits per heavy atom. The van der Waals surface area contributed by atoms with Gasteiger partial charge < -0.3 is 5.32 Å². The number of fused-ring (bicyclic) bond motifs is 1. The number of hydrogen-bond acceptors (Lipinski definition) is 1. The van der Waals surface area contributed by atoms with Gasteiger partial charge in [-0.3, -0.25) is 0 Å². The van der Waals surface area contributed by atoms with Crippen molar-refractivity contribution in [3.63, 3.8) is 0 Å². The summed E-state index contributed by atoms with van der Waals surface area (Å²) >= 11 is 0. The van der Waals surface area contributed by atoms with Crippen LogP contribution in [0.3, 0.4) is 0 Å². The van der Waals surface area contributed by atoms with E-state index in [1.807, 2.05) is 6.07 Å². The maximum atomic E-state index is 13.7. The van der Waals surface area contributed by atoms with Gasteiger partial charge in [-0.15, -0.1) is 0 Å². The molecule has 1 nitrogen and oxygen atoms in total. The van der Waals surface area contributed by atoms with E-state index in [1.165, 1.54) is 5.56 Å². The number of rotatable bonds is 3. The quantitative estimate of drug-likeness (QED) is 0.852. The maximum absolute atomic E-state index is 13.7. The van der Waals surface area contributed by atoms with Crippen molar-refractivity contribution in [3.05, 3.63) is 65.0 Å². The average molecular weight is 255 g/mol. The first-order valence-corrected chi connectivity index (χ1v) is 6.90. The highest BCUT2D eigenvalue weighted by atomic mass is 19.1. The molecule has 19 heavy (non-hydrogen) atoms. The van der Waals surface area contributed by atoms with E-state index >= 15 is 0 Å². The minimum Gasteiger partial charge on any atom is -0.378 e. The Hall–Kier alpha value is -1.83. The number of benzene rings is 2. The summed E-state index contributed by atoms with van der Waals surface area (Å²) in [7, 11) is 0. The highest BCUT2D eigenvalue weighted by Gasteiger charge is 2.24. The van der Waals surface area contributed by atoms with Crippen molar-refractivity contribution in [2.45, 2.75) is 32.2 Å². The summed E-state index contributed by atoms with van der Waals surface area (Å²) in [4.78, 5) is 0. The van der Waals surface area contributed by atoms with Gasteiger partial charge in [-0.1, -0.05) is 31.2 Å². The van der Waals surface area contributed by atoms with Gasteiger partial charge in [0.15, 0.2) is 0 Å². The van der Waals surface area contributed by atoms with Gasteiger partial charge in [-0.2, -0.15) is 0 Å². The molecule has 2 aromatic carbocycles. The van der Waals surface area contributed by atoms with E-state index in [0.29, 0.717) is 0 Å². The molecular weight excluding hydrogens is 237 g/mol. The molecule has 3 rings (SSSR count). The molecule has 0 aliphatic heterocycles. The number of halogens is 1. The zero-order valence-corrected chi connectivity index (χ0v) is 11.1. The van der Waals surface area contributed by atoms with Crippen LogP contribution >= 0.6 is 0 Å². The van der Waals surface area contributed by atoms with Gasteiger partial charge in [-0.05, 0) is 54.2 Å². The van der Waals surface area contributed by atoms with Crippen LogP contribution in [0, 0.1) is 5.82 Å². The third-order valence-corrected chi connectivity index (χ3v) is 3.92. The molecule has 0 amide bonds. The van der Waals surface area contributed by atoms with E-state index in [9.17, 15) is 4.39 Å². The van der Waals surface area contributed by atoms with Gasteiger partial charge >= 0.3 is 0 Å². The highest BCUT2D eigenvalue weighted by molar-refractivity contribution is 5.49. The predicted octanol–water partition coefficient (Wildman–Crippen LogP) is 4.49. The number of hydrogen-bond donors (Lipinski definition) is 1. The van der Waals surface area contributed by atoms with E-state index in [1.54, 1.807) is 12.1 Å². The summed E-state index contributed by atoms with van der Waals surface area (Å²) in [6, 6.07) is 14.1. The lowest BCUT2D eigenvalue weighted by molar-refractivity contribution is 0.612. The Labute approximate surface area is 113 Å². The molecule has 1 aliphatic carbocycles. The van der Waals surface area contributed by atoms with Crippen LogP contribution in [0.25, 0.3) is 0 Å². The van der Waals surface area contributed by atoms with Crippen LogP contribution in [-0.4, -0.2) is 0 Å². The Morgan fingerprint density at radius 2 is 1.95 bits per heavy atom. The third-order valence-electron chi connectivity index (χ3n) is 3.92. The second kappa shape index (κ2) is 5.04. The first kappa shape index (κ1) is 12.2. The number of aryl methyl sites for hydroxylation is 1. The molecule has 1 atom stereocenters. The van der Waals surface area contributed by atoms with Gasteiger partial charge in [0.25, 0.3) is 0 Å². The summed E-state index contributed by atoms with van der Waals surface area (Å²) in [6.07, 6.45) is 2.84. The van der Waals surface area contributed by atoms with Crippen molar-refractivity contribution in [1.82, 2.24) is 0 Å². The summed E-state index contributed by atoms with van der Waals surface area (Å²) < 4.78 is 13.7. The molecule has 0 radical (unpaired) electrons. The molecule has 0 bridgehead atoms. The largest absolute Gasteiger partial charge is 0.378 e. The summed E-state index contributed by atoms with van der Waals surface area (Å²) in [6.45, 7) is 2.15. The van der Waals surface area contributed by atoms with Crippen molar-refractivity contribution in [1.29, 1.82) is 0 Å². The SMILES string of the molecule is CCc1ccc(NC2CCc3c(F)cccc32)cc1. The van der Waals surface area contributed by atoms with Crippen molar-refractivity contribution in [2.75, 3.05) is 5.32 Å². The van der Waals surface area contributed by atoms with Crippen LogP contribution in [-0.2, 0) is 12.8 Å². The van der Waals surface area contributed by atoms with Crippen molar-refractivity contribution in [2.24, 2.45) is 0 Å². The van der Waals surface area contributed by atoms with Crippen molar-refractivity contribution < 1.29 is 4.39 Å². The van der Waals surface area contributed by atoms with Gasteiger partial charge in [0.05, 0.1) is 6.04 Å². The van der Waals surface area contributed by atoms with Crippen molar-refractivity contribution in [3.8, 4) is 0 Å². The van der Waals surface area contributed by atoms with Crippen LogP contribution in [0.4, 0.5) is 10.1 Å². The fraction of sp³-hybridized carbons (Fsp3) is 0.294. The molecule has 0 aromatic heterocycles. The summed E-state index contributed by atoms with van der Waals surface area (Å²) in [5.41, 5.74) is 4.44. The minimum atomic E-state index is -0.0665. The van der Waals surface area contributed by atoms with Crippen LogP contribution in [0.5, 0.6) is 0 Å². The Kier molecular flexibility index (Phi) is 3.24. The second-order valence-corrected chi connectivity index (χ2v) is 5.09. The molecule has 1 unspecified atom stereocenters. The van der Waals surface area contributed by atoms with Crippen LogP contribution in [0.15, 0.2) is 42.5 Å². The van der Waals surface area contributed by atoms with Crippen molar-refractivity contribution >= 4 is 5.69 Å². The lowest BCUT2D eigenvalue weighted by Gasteiger charge is -2.16. The fourth-order valence-electron chi connectivity index (χ4n) is 2.80. The Bertz CT molecular complexity index is 574. The molecular formula is C17H18FN. The van der Waals surface area contributed by atoms with E-state index in [4.69, 9.17) is 0 Å². The van der Waals surface area contributed by atoms with Gasteiger partial charge in [0, 0.05) is 5.69 Å². The lowest BCUT2D eigenvalue weighted by atomic mass is 10.1. The highest BCUT2D eigenvalue weighted by Crippen LogP contribution is 2.35. The molecule has 0 fully saturated rings. The minimum absolute atomic E-state index is 0.0665. The maximum Gasteiger partial charge on any atom is 0.126 e. The molecule has 0 saturated heterocycles. The predicted molar refractivity (Wildman–Crippen MR) is 76.9 cm³/mol. The van der Waals surface area contributed by atoms with Gasteiger partial charge in [-0.25, -0.2) is 4.39 Å². The molecule has 0 spiro atoms. The summed E-state index contributed by atoms with van der Waals surface area (Å²) in [5.74, 6) is -0.0665. The lowest BCUT2D eigenvalue weighted by Crippen LogP contribution is -2.07. The molecule has 98 valence electrons. The molecule has 0 saturated carbocycles. The Balaban J connectivity index is 1.80.